The zero-order valence-corrected chi connectivity index (χ0v) is 24.0. The highest BCUT2D eigenvalue weighted by Crippen LogP contribution is 2.31. The highest BCUT2D eigenvalue weighted by Gasteiger charge is 2.24. The van der Waals surface area contributed by atoms with Gasteiger partial charge < -0.3 is 30.5 Å². The second kappa shape index (κ2) is 13.6. The molecule has 0 spiro atoms. The summed E-state index contributed by atoms with van der Waals surface area (Å²) < 4.78 is 5.57. The van der Waals surface area contributed by atoms with Crippen molar-refractivity contribution < 1.29 is 14.3 Å². The third kappa shape index (κ3) is 7.01. The van der Waals surface area contributed by atoms with Gasteiger partial charge in [0.1, 0.15) is 5.75 Å². The molecule has 42 heavy (non-hydrogen) atoms. The molecule has 3 amide bonds. The predicted molar refractivity (Wildman–Crippen MR) is 168 cm³/mol. The lowest BCUT2D eigenvalue weighted by atomic mass is 10.1. The number of anilines is 3. The first-order chi connectivity index (χ1) is 20.5. The van der Waals surface area contributed by atoms with Crippen LogP contribution in [0, 0.1) is 0 Å². The predicted octanol–water partition coefficient (Wildman–Crippen LogP) is 5.83. The van der Waals surface area contributed by atoms with E-state index in [9.17, 15) is 9.59 Å². The highest BCUT2D eigenvalue weighted by atomic mass is 16.5. The number of rotatable bonds is 9. The van der Waals surface area contributed by atoms with Crippen molar-refractivity contribution >= 4 is 29.0 Å². The summed E-state index contributed by atoms with van der Waals surface area (Å²) in [5.74, 6) is 0.656. The molecule has 216 valence electrons. The molecule has 1 atom stereocenters. The lowest BCUT2D eigenvalue weighted by Gasteiger charge is -2.38. The minimum atomic E-state index is -0.332. The van der Waals surface area contributed by atoms with Crippen LogP contribution in [0.15, 0.2) is 103 Å². The molecule has 0 radical (unpaired) electrons. The van der Waals surface area contributed by atoms with Crippen molar-refractivity contribution in [1.82, 2.24) is 10.6 Å². The number of piperazine rings is 1. The Labute approximate surface area is 247 Å². The van der Waals surface area contributed by atoms with E-state index in [-0.39, 0.29) is 18.0 Å². The quantitative estimate of drug-likeness (QED) is 0.238. The Morgan fingerprint density at radius 3 is 2.10 bits per heavy atom. The van der Waals surface area contributed by atoms with Gasteiger partial charge in [-0.25, -0.2) is 4.79 Å². The van der Waals surface area contributed by atoms with Crippen molar-refractivity contribution in [2.45, 2.75) is 19.5 Å². The molecular formula is C34H37N5O3. The van der Waals surface area contributed by atoms with E-state index < -0.39 is 0 Å². The van der Waals surface area contributed by atoms with E-state index in [2.05, 4.69) is 31.8 Å². The summed E-state index contributed by atoms with van der Waals surface area (Å²) in [5, 5.41) is 8.92. The Kier molecular flexibility index (Phi) is 9.23. The number of nitrogens with zero attached hydrogens (tertiary/aromatic N) is 2. The Balaban J connectivity index is 1.33. The molecule has 5 rings (SSSR count). The first-order valence-corrected chi connectivity index (χ1v) is 14.2. The van der Waals surface area contributed by atoms with E-state index in [1.807, 2.05) is 97.9 Å². The van der Waals surface area contributed by atoms with E-state index in [0.717, 1.165) is 54.4 Å². The molecule has 1 aliphatic heterocycles. The van der Waals surface area contributed by atoms with Crippen LogP contribution in [0.1, 0.15) is 34.5 Å². The fraction of sp³-hybridized carbons (Fsp3) is 0.235. The van der Waals surface area contributed by atoms with Crippen molar-refractivity contribution in [3.63, 3.8) is 0 Å². The molecule has 8 heteroatoms. The SMILES string of the molecule is COc1ccccc1N1CCN(c2ccc(NC(=O)NCc3ccccc3)cc2C(=O)NC(C)c2ccccc2)CC1. The molecule has 8 nitrogen and oxygen atoms in total. The number of para-hydroxylation sites is 2. The van der Waals surface area contributed by atoms with Gasteiger partial charge in [0.05, 0.1) is 24.4 Å². The minimum Gasteiger partial charge on any atom is -0.495 e. The zero-order valence-electron chi connectivity index (χ0n) is 24.0. The van der Waals surface area contributed by atoms with Crippen LogP contribution in [-0.2, 0) is 6.54 Å². The third-order valence-corrected chi connectivity index (χ3v) is 7.49. The summed E-state index contributed by atoms with van der Waals surface area (Å²) in [7, 11) is 1.69. The number of carbonyl (C=O) groups excluding carboxylic acids is 2. The van der Waals surface area contributed by atoms with Crippen molar-refractivity contribution in [1.29, 1.82) is 0 Å². The Morgan fingerprint density at radius 1 is 0.786 bits per heavy atom. The van der Waals surface area contributed by atoms with Crippen LogP contribution in [-0.4, -0.2) is 45.2 Å². The molecule has 0 bridgehead atoms. The van der Waals surface area contributed by atoms with E-state index in [1.165, 1.54) is 0 Å². The van der Waals surface area contributed by atoms with Gasteiger partial charge in [-0.3, -0.25) is 4.79 Å². The van der Waals surface area contributed by atoms with Gasteiger partial charge in [0.25, 0.3) is 5.91 Å². The van der Waals surface area contributed by atoms with Gasteiger partial charge >= 0.3 is 6.03 Å². The standard InChI is InChI=1S/C34H37N5O3/c1-25(27-13-7-4-8-14-27)36-33(40)29-23-28(37-34(41)35-24-26-11-5-3-6-12-26)17-18-30(29)38-19-21-39(22-20-38)31-15-9-10-16-32(31)42-2/h3-18,23,25H,19-22,24H2,1-2H3,(H,36,40)(H2,35,37,41). The van der Waals surface area contributed by atoms with E-state index in [1.54, 1.807) is 13.2 Å². The van der Waals surface area contributed by atoms with Crippen molar-refractivity contribution in [2.75, 3.05) is 48.4 Å². The minimum absolute atomic E-state index is 0.181. The van der Waals surface area contributed by atoms with Gasteiger partial charge in [0, 0.05) is 44.1 Å². The maximum absolute atomic E-state index is 13.7. The fourth-order valence-electron chi connectivity index (χ4n) is 5.20. The lowest BCUT2D eigenvalue weighted by molar-refractivity contribution is 0.0940. The molecular weight excluding hydrogens is 526 g/mol. The molecule has 0 aromatic heterocycles. The second-order valence-electron chi connectivity index (χ2n) is 10.3. The second-order valence-corrected chi connectivity index (χ2v) is 10.3. The van der Waals surface area contributed by atoms with Crippen molar-refractivity contribution in [2.24, 2.45) is 0 Å². The number of hydrogen-bond acceptors (Lipinski definition) is 5. The van der Waals surface area contributed by atoms with Crippen LogP contribution in [0.3, 0.4) is 0 Å². The van der Waals surface area contributed by atoms with Gasteiger partial charge in [-0.1, -0.05) is 72.8 Å². The average molecular weight is 564 g/mol. The number of hydrogen-bond donors (Lipinski definition) is 3. The first-order valence-electron chi connectivity index (χ1n) is 14.2. The van der Waals surface area contributed by atoms with Gasteiger partial charge in [0.15, 0.2) is 0 Å². The van der Waals surface area contributed by atoms with Crippen molar-refractivity contribution in [3.8, 4) is 5.75 Å². The van der Waals surface area contributed by atoms with Gasteiger partial charge in [-0.2, -0.15) is 0 Å². The van der Waals surface area contributed by atoms with Gasteiger partial charge in [-0.15, -0.1) is 0 Å². The number of benzene rings is 4. The molecule has 4 aromatic rings. The molecule has 3 N–H and O–H groups in total. The molecule has 1 saturated heterocycles. The Bertz CT molecular complexity index is 1490. The van der Waals surface area contributed by atoms with Crippen LogP contribution in [0.4, 0.5) is 21.9 Å². The smallest absolute Gasteiger partial charge is 0.319 e. The summed E-state index contributed by atoms with van der Waals surface area (Å²) in [6.07, 6.45) is 0. The van der Waals surface area contributed by atoms with Crippen LogP contribution >= 0.6 is 0 Å². The molecule has 0 saturated carbocycles. The summed E-state index contributed by atoms with van der Waals surface area (Å²) in [4.78, 5) is 30.9. The van der Waals surface area contributed by atoms with Crippen LogP contribution in [0.2, 0.25) is 0 Å². The van der Waals surface area contributed by atoms with Crippen LogP contribution in [0.5, 0.6) is 5.75 Å². The van der Waals surface area contributed by atoms with E-state index in [4.69, 9.17) is 4.74 Å². The van der Waals surface area contributed by atoms with Crippen molar-refractivity contribution in [3.05, 3.63) is 120 Å². The van der Waals surface area contributed by atoms with E-state index >= 15 is 0 Å². The van der Waals surface area contributed by atoms with E-state index in [0.29, 0.717) is 17.8 Å². The molecule has 1 unspecified atom stereocenters. The Hall–Kier alpha value is -4.98. The topological polar surface area (TPSA) is 85.9 Å². The lowest BCUT2D eigenvalue weighted by Crippen LogP contribution is -2.47. The first kappa shape index (κ1) is 28.5. The Morgan fingerprint density at radius 2 is 1.40 bits per heavy atom. The molecule has 1 aliphatic rings. The zero-order chi connectivity index (χ0) is 29.3. The maximum atomic E-state index is 13.7. The summed E-state index contributed by atoms with van der Waals surface area (Å²) in [5.41, 5.74) is 4.99. The van der Waals surface area contributed by atoms with Crippen LogP contribution in [0.25, 0.3) is 0 Å². The summed E-state index contributed by atoms with van der Waals surface area (Å²) in [6.45, 7) is 5.41. The number of methoxy groups -OCH3 is 1. The van der Waals surface area contributed by atoms with Crippen LogP contribution < -0.4 is 30.5 Å². The summed E-state index contributed by atoms with van der Waals surface area (Å²) >= 11 is 0. The molecule has 1 heterocycles. The normalized spacial score (nSPS) is 13.7. The number of amides is 3. The molecule has 4 aromatic carbocycles. The largest absolute Gasteiger partial charge is 0.495 e. The monoisotopic (exact) mass is 563 g/mol. The van der Waals surface area contributed by atoms with Gasteiger partial charge in [0.2, 0.25) is 0 Å². The number of ether oxygens (including phenoxy) is 1. The average Bonchev–Trinajstić information content (AvgIpc) is 3.04. The number of carbonyl (C=O) groups is 2. The number of urea groups is 1. The highest BCUT2D eigenvalue weighted by molar-refractivity contribution is 6.02. The fourth-order valence-corrected chi connectivity index (χ4v) is 5.20. The molecule has 1 fully saturated rings. The maximum Gasteiger partial charge on any atom is 0.319 e. The van der Waals surface area contributed by atoms with Gasteiger partial charge in [-0.05, 0) is 48.4 Å². The molecule has 0 aliphatic carbocycles. The summed E-state index contributed by atoms with van der Waals surface area (Å²) in [6, 6.07) is 32.7. The number of nitrogens with one attached hydrogen (secondary N) is 3. The third-order valence-electron chi connectivity index (χ3n) is 7.49.